The van der Waals surface area contributed by atoms with E-state index in [2.05, 4.69) is 10.2 Å². The summed E-state index contributed by atoms with van der Waals surface area (Å²) >= 11 is 0. The van der Waals surface area contributed by atoms with Gasteiger partial charge in [-0.2, -0.15) is 0 Å². The predicted molar refractivity (Wildman–Crippen MR) is 132 cm³/mol. The number of halogens is 2. The molecule has 2 aliphatic heterocycles. The zero-order valence-corrected chi connectivity index (χ0v) is 20.6. The van der Waals surface area contributed by atoms with Crippen LogP contribution in [0.4, 0.5) is 10.1 Å². The summed E-state index contributed by atoms with van der Waals surface area (Å²) in [7, 11) is 0. The summed E-state index contributed by atoms with van der Waals surface area (Å²) in [5, 5.41) is 13.0. The molecule has 7 nitrogen and oxygen atoms in total. The highest BCUT2D eigenvalue weighted by Gasteiger charge is 2.24. The Hall–Kier alpha value is -1.62. The van der Waals surface area contributed by atoms with Crippen molar-refractivity contribution in [2.45, 2.75) is 51.7 Å². The number of carbonyl (C=O) groups is 1. The van der Waals surface area contributed by atoms with Gasteiger partial charge in [-0.25, -0.2) is 9.38 Å². The number of benzene rings is 1. The predicted octanol–water partition coefficient (Wildman–Crippen LogP) is 2.46. The maximum Gasteiger partial charge on any atom is 0.217 e. The molecule has 1 amide bonds. The third kappa shape index (κ3) is 7.48. The molecule has 1 aromatic rings. The van der Waals surface area contributed by atoms with Crippen LogP contribution >= 0.6 is 24.0 Å². The Morgan fingerprint density at radius 3 is 2.68 bits per heavy atom. The van der Waals surface area contributed by atoms with Crippen LogP contribution in [0, 0.1) is 11.7 Å². The molecule has 0 saturated carbocycles. The second-order valence-corrected chi connectivity index (χ2v) is 8.30. The maximum atomic E-state index is 14.7. The van der Waals surface area contributed by atoms with Gasteiger partial charge < -0.3 is 26.0 Å². The zero-order valence-electron chi connectivity index (χ0n) is 18.2. The van der Waals surface area contributed by atoms with Crippen molar-refractivity contribution < 1.29 is 14.3 Å². The Bertz CT molecular complexity index is 755. The van der Waals surface area contributed by atoms with Gasteiger partial charge in [-0.3, -0.25) is 4.79 Å². The van der Waals surface area contributed by atoms with E-state index in [1.807, 2.05) is 24.0 Å². The van der Waals surface area contributed by atoms with Gasteiger partial charge in [0.1, 0.15) is 5.82 Å². The fourth-order valence-corrected chi connectivity index (χ4v) is 4.31. The molecule has 3 rings (SSSR count). The lowest BCUT2D eigenvalue weighted by molar-refractivity contribution is -0.119. The number of rotatable bonds is 6. The molecule has 0 aliphatic carbocycles. The molecule has 174 valence electrons. The lowest BCUT2D eigenvalue weighted by atomic mass is 9.95. The minimum Gasteiger partial charge on any atom is -0.393 e. The van der Waals surface area contributed by atoms with Gasteiger partial charge in [0.15, 0.2) is 5.96 Å². The van der Waals surface area contributed by atoms with Crippen LogP contribution < -0.4 is 16.0 Å². The number of piperidine rings is 2. The average molecular weight is 547 g/mol. The second-order valence-electron chi connectivity index (χ2n) is 8.30. The van der Waals surface area contributed by atoms with E-state index in [0.717, 1.165) is 44.0 Å². The van der Waals surface area contributed by atoms with Crippen LogP contribution in [0.25, 0.3) is 0 Å². The summed E-state index contributed by atoms with van der Waals surface area (Å²) < 4.78 is 14.7. The highest BCUT2D eigenvalue weighted by Crippen LogP contribution is 2.25. The molecule has 0 radical (unpaired) electrons. The molecule has 31 heavy (non-hydrogen) atoms. The van der Waals surface area contributed by atoms with Gasteiger partial charge in [0.25, 0.3) is 0 Å². The number of nitrogens with zero attached hydrogens (tertiary/aromatic N) is 3. The Labute approximate surface area is 201 Å². The standard InChI is InChI=1S/C22H34FN5O2.HI/c1-2-25-22(28-9-3-4-17(15-28)13-21(24)30)26-14-16-5-6-20(19(23)12-16)27-10-7-18(29)8-11-27;/h5-6,12,17-18,29H,2-4,7-11,13-15H2,1H3,(H2,24,30)(H,25,26);1H. The average Bonchev–Trinajstić information content (AvgIpc) is 2.72. The molecule has 1 atom stereocenters. The lowest BCUT2D eigenvalue weighted by Crippen LogP contribution is -2.47. The summed E-state index contributed by atoms with van der Waals surface area (Å²) in [6, 6.07) is 5.29. The first-order valence-corrected chi connectivity index (χ1v) is 11.0. The van der Waals surface area contributed by atoms with E-state index in [-0.39, 0.29) is 47.7 Å². The minimum absolute atomic E-state index is 0. The first kappa shape index (κ1) is 25.6. The highest BCUT2D eigenvalue weighted by atomic mass is 127. The summed E-state index contributed by atoms with van der Waals surface area (Å²) in [4.78, 5) is 20.2. The van der Waals surface area contributed by atoms with Crippen molar-refractivity contribution in [1.82, 2.24) is 10.2 Å². The summed E-state index contributed by atoms with van der Waals surface area (Å²) in [6.45, 7) is 6.12. The Morgan fingerprint density at radius 2 is 2.03 bits per heavy atom. The number of aliphatic imine (C=N–C) groups is 1. The van der Waals surface area contributed by atoms with Crippen LogP contribution in [0.2, 0.25) is 0 Å². The Morgan fingerprint density at radius 1 is 1.29 bits per heavy atom. The number of anilines is 1. The number of hydrogen-bond donors (Lipinski definition) is 3. The van der Waals surface area contributed by atoms with Crippen molar-refractivity contribution in [3.8, 4) is 0 Å². The van der Waals surface area contributed by atoms with E-state index in [9.17, 15) is 14.3 Å². The van der Waals surface area contributed by atoms with Gasteiger partial charge >= 0.3 is 0 Å². The number of likely N-dealkylation sites (tertiary alicyclic amines) is 1. The zero-order chi connectivity index (χ0) is 21.5. The van der Waals surface area contributed by atoms with Crippen LogP contribution in [0.15, 0.2) is 23.2 Å². The first-order valence-electron chi connectivity index (χ1n) is 11.0. The molecule has 2 heterocycles. The number of nitrogens with one attached hydrogen (secondary N) is 1. The van der Waals surface area contributed by atoms with Crippen molar-refractivity contribution in [3.63, 3.8) is 0 Å². The van der Waals surface area contributed by atoms with E-state index < -0.39 is 0 Å². The van der Waals surface area contributed by atoms with Crippen LogP contribution in [0.3, 0.4) is 0 Å². The molecule has 0 bridgehead atoms. The third-order valence-corrected chi connectivity index (χ3v) is 5.87. The van der Waals surface area contributed by atoms with Gasteiger partial charge in [0.05, 0.1) is 18.3 Å². The number of primary amides is 1. The van der Waals surface area contributed by atoms with E-state index in [1.54, 1.807) is 6.07 Å². The number of nitrogens with two attached hydrogens (primary N) is 1. The number of guanidine groups is 1. The molecule has 2 fully saturated rings. The fraction of sp³-hybridized carbons (Fsp3) is 0.636. The Balaban J connectivity index is 0.00000341. The number of carbonyl (C=O) groups excluding carboxylic acids is 1. The van der Waals surface area contributed by atoms with E-state index in [0.29, 0.717) is 44.6 Å². The van der Waals surface area contributed by atoms with E-state index in [1.165, 1.54) is 0 Å². The van der Waals surface area contributed by atoms with Gasteiger partial charge in [0, 0.05) is 39.1 Å². The molecule has 9 heteroatoms. The molecular formula is C22H35FIN5O2. The maximum absolute atomic E-state index is 14.7. The van der Waals surface area contributed by atoms with Gasteiger partial charge in [-0.15, -0.1) is 24.0 Å². The van der Waals surface area contributed by atoms with Crippen LogP contribution in [-0.4, -0.2) is 60.7 Å². The monoisotopic (exact) mass is 547 g/mol. The van der Waals surface area contributed by atoms with Crippen LogP contribution in [-0.2, 0) is 11.3 Å². The molecule has 0 spiro atoms. The number of aliphatic hydroxyl groups is 1. The largest absolute Gasteiger partial charge is 0.393 e. The van der Waals surface area contributed by atoms with Crippen molar-refractivity contribution in [2.24, 2.45) is 16.6 Å². The van der Waals surface area contributed by atoms with Crippen molar-refractivity contribution in [2.75, 3.05) is 37.6 Å². The summed E-state index contributed by atoms with van der Waals surface area (Å²) in [6.07, 6.45) is 3.46. The van der Waals surface area contributed by atoms with Crippen LogP contribution in [0.1, 0.15) is 44.6 Å². The number of amides is 1. The van der Waals surface area contributed by atoms with Crippen LogP contribution in [0.5, 0.6) is 0 Å². The van der Waals surface area contributed by atoms with Crippen molar-refractivity contribution >= 4 is 41.5 Å². The third-order valence-electron chi connectivity index (χ3n) is 5.87. The normalized spacial score (nSPS) is 20.4. The SMILES string of the molecule is CCNC(=NCc1ccc(N2CCC(O)CC2)c(F)c1)N1CCCC(CC(N)=O)C1.I. The molecule has 4 N–H and O–H groups in total. The molecule has 2 saturated heterocycles. The quantitative estimate of drug-likeness (QED) is 0.289. The smallest absolute Gasteiger partial charge is 0.217 e. The minimum atomic E-state index is -0.278. The highest BCUT2D eigenvalue weighted by molar-refractivity contribution is 14.0. The van der Waals surface area contributed by atoms with Gasteiger partial charge in [-0.05, 0) is 56.2 Å². The molecular weight excluding hydrogens is 512 g/mol. The second kappa shape index (κ2) is 12.4. The fourth-order valence-electron chi connectivity index (χ4n) is 4.31. The number of hydrogen-bond acceptors (Lipinski definition) is 4. The Kier molecular flexibility index (Phi) is 10.3. The summed E-state index contributed by atoms with van der Waals surface area (Å²) in [5.41, 5.74) is 6.77. The van der Waals surface area contributed by atoms with Crippen molar-refractivity contribution in [1.29, 1.82) is 0 Å². The molecule has 0 aromatic heterocycles. The molecule has 2 aliphatic rings. The number of aliphatic hydroxyl groups excluding tert-OH is 1. The lowest BCUT2D eigenvalue weighted by Gasteiger charge is -2.34. The topological polar surface area (TPSA) is 94.2 Å². The van der Waals surface area contributed by atoms with Crippen molar-refractivity contribution in [3.05, 3.63) is 29.6 Å². The van der Waals surface area contributed by atoms with E-state index >= 15 is 0 Å². The molecule has 1 unspecified atom stereocenters. The van der Waals surface area contributed by atoms with Gasteiger partial charge in [-0.1, -0.05) is 6.07 Å². The van der Waals surface area contributed by atoms with E-state index in [4.69, 9.17) is 10.7 Å². The summed E-state index contributed by atoms with van der Waals surface area (Å²) in [5.74, 6) is 0.534. The molecule has 1 aromatic carbocycles. The van der Waals surface area contributed by atoms with Gasteiger partial charge in [0.2, 0.25) is 5.91 Å². The first-order chi connectivity index (χ1) is 14.5.